The highest BCUT2D eigenvalue weighted by molar-refractivity contribution is 14.1. The molecule has 1 aromatic carbocycles. The third kappa shape index (κ3) is 3.95. The first-order chi connectivity index (χ1) is 9.36. The van der Waals surface area contributed by atoms with Gasteiger partial charge in [-0.2, -0.15) is 18.3 Å². The first-order valence-electron chi connectivity index (χ1n) is 5.26. The molecule has 20 heavy (non-hydrogen) atoms. The molecule has 2 rings (SSSR count). The summed E-state index contributed by atoms with van der Waals surface area (Å²) >= 11 is 2.85. The molecule has 0 atom stereocenters. The molecule has 4 nitrogen and oxygen atoms in total. The van der Waals surface area contributed by atoms with Crippen molar-refractivity contribution in [2.75, 3.05) is 5.75 Å². The van der Waals surface area contributed by atoms with E-state index in [4.69, 9.17) is 0 Å². The Morgan fingerprint density at radius 1 is 1.40 bits per heavy atom. The molecule has 1 amide bonds. The van der Waals surface area contributed by atoms with Crippen molar-refractivity contribution in [2.45, 2.75) is 6.18 Å². The first-order valence-corrected chi connectivity index (χ1v) is 7.33. The standard InChI is InChI=1S/C11H7F3IN3OS/c12-11(13,14)7-2-1-6(3-8(7)15)4-16-18-10-17-9(19)5-20-10/h1-4H,5H2,(H,17,18,19). The second kappa shape index (κ2) is 6.12. The Morgan fingerprint density at radius 2 is 2.15 bits per heavy atom. The number of amides is 1. The van der Waals surface area contributed by atoms with Crippen LogP contribution in [0.3, 0.4) is 0 Å². The van der Waals surface area contributed by atoms with E-state index < -0.39 is 11.7 Å². The summed E-state index contributed by atoms with van der Waals surface area (Å²) in [6, 6.07) is 3.69. The number of carbonyl (C=O) groups excluding carboxylic acids is 1. The minimum Gasteiger partial charge on any atom is -0.303 e. The van der Waals surface area contributed by atoms with Crippen molar-refractivity contribution in [3.8, 4) is 0 Å². The molecule has 1 aliphatic rings. The maximum atomic E-state index is 12.6. The van der Waals surface area contributed by atoms with Crippen LogP contribution in [0.25, 0.3) is 0 Å². The maximum absolute atomic E-state index is 12.6. The van der Waals surface area contributed by atoms with Gasteiger partial charge in [-0.05, 0) is 40.3 Å². The third-order valence-corrected chi connectivity index (χ3v) is 4.00. The summed E-state index contributed by atoms with van der Waals surface area (Å²) in [6.07, 6.45) is -3.03. The zero-order valence-electron chi connectivity index (χ0n) is 9.74. The second-order valence-electron chi connectivity index (χ2n) is 3.72. The lowest BCUT2D eigenvalue weighted by Gasteiger charge is -2.08. The fourth-order valence-corrected chi connectivity index (χ4v) is 2.84. The van der Waals surface area contributed by atoms with Gasteiger partial charge in [-0.15, -0.1) is 5.10 Å². The zero-order chi connectivity index (χ0) is 14.8. The lowest BCUT2D eigenvalue weighted by Crippen LogP contribution is -2.19. The van der Waals surface area contributed by atoms with Gasteiger partial charge in [0, 0.05) is 3.57 Å². The summed E-state index contributed by atoms with van der Waals surface area (Å²) in [5, 5.41) is 10.4. The molecule has 1 saturated heterocycles. The number of nitrogens with one attached hydrogen (secondary N) is 1. The highest BCUT2D eigenvalue weighted by Crippen LogP contribution is 2.32. The molecular formula is C11H7F3IN3OS. The number of hydrogen-bond donors (Lipinski definition) is 1. The maximum Gasteiger partial charge on any atom is 0.417 e. The summed E-state index contributed by atoms with van der Waals surface area (Å²) in [5.41, 5.74) is -0.179. The molecule has 1 fully saturated rings. The Bertz CT molecular complexity index is 601. The van der Waals surface area contributed by atoms with Crippen LogP contribution in [0.4, 0.5) is 13.2 Å². The molecule has 9 heteroatoms. The van der Waals surface area contributed by atoms with E-state index in [1.807, 2.05) is 0 Å². The minimum absolute atomic E-state index is 0.0928. The monoisotopic (exact) mass is 413 g/mol. The van der Waals surface area contributed by atoms with E-state index in [2.05, 4.69) is 15.5 Å². The van der Waals surface area contributed by atoms with E-state index in [0.717, 1.165) is 6.07 Å². The lowest BCUT2D eigenvalue weighted by atomic mass is 10.1. The SMILES string of the molecule is O=C1CSC(=NN=Cc2ccc(C(F)(F)F)c(I)c2)N1. The average molecular weight is 413 g/mol. The molecule has 0 aromatic heterocycles. The number of nitrogens with zero attached hydrogens (tertiary/aromatic N) is 2. The highest BCUT2D eigenvalue weighted by Gasteiger charge is 2.32. The van der Waals surface area contributed by atoms with Gasteiger partial charge in [0.05, 0.1) is 17.5 Å². The number of amidine groups is 1. The molecule has 1 heterocycles. The van der Waals surface area contributed by atoms with Crippen molar-refractivity contribution >= 4 is 51.6 Å². The first kappa shape index (κ1) is 15.3. The molecule has 1 aliphatic heterocycles. The third-order valence-electron chi connectivity index (χ3n) is 2.24. The summed E-state index contributed by atoms with van der Waals surface area (Å²) in [5.74, 6) is 0.153. The minimum atomic E-state index is -4.36. The molecule has 106 valence electrons. The van der Waals surface area contributed by atoms with Crippen LogP contribution in [0.5, 0.6) is 0 Å². The van der Waals surface area contributed by atoms with Crippen LogP contribution >= 0.6 is 34.4 Å². The van der Waals surface area contributed by atoms with Gasteiger partial charge in [-0.1, -0.05) is 17.8 Å². The largest absolute Gasteiger partial charge is 0.417 e. The zero-order valence-corrected chi connectivity index (χ0v) is 12.7. The van der Waals surface area contributed by atoms with Crippen molar-refractivity contribution < 1.29 is 18.0 Å². The van der Waals surface area contributed by atoms with E-state index in [0.29, 0.717) is 16.5 Å². The molecule has 0 radical (unpaired) electrons. The van der Waals surface area contributed by atoms with Crippen LogP contribution in [0.2, 0.25) is 0 Å². The molecule has 1 N–H and O–H groups in total. The quantitative estimate of drug-likeness (QED) is 0.461. The van der Waals surface area contributed by atoms with Crippen LogP contribution in [0, 0.1) is 3.57 Å². The Morgan fingerprint density at radius 3 is 2.70 bits per heavy atom. The Labute approximate surface area is 130 Å². The van der Waals surface area contributed by atoms with Gasteiger partial charge in [0.1, 0.15) is 0 Å². The van der Waals surface area contributed by atoms with Gasteiger partial charge in [-0.3, -0.25) is 4.79 Å². The van der Waals surface area contributed by atoms with Crippen molar-refractivity contribution in [3.63, 3.8) is 0 Å². The van der Waals surface area contributed by atoms with E-state index in [1.54, 1.807) is 22.6 Å². The van der Waals surface area contributed by atoms with Gasteiger partial charge in [0.25, 0.3) is 0 Å². The van der Waals surface area contributed by atoms with Crippen LogP contribution in [0.15, 0.2) is 28.4 Å². The smallest absolute Gasteiger partial charge is 0.303 e. The lowest BCUT2D eigenvalue weighted by molar-refractivity contribution is -0.138. The van der Waals surface area contributed by atoms with Gasteiger partial charge >= 0.3 is 6.18 Å². The van der Waals surface area contributed by atoms with E-state index in [1.165, 1.54) is 30.1 Å². The van der Waals surface area contributed by atoms with Gasteiger partial charge in [0.15, 0.2) is 5.17 Å². The topological polar surface area (TPSA) is 53.8 Å². The molecule has 0 saturated carbocycles. The number of benzene rings is 1. The summed E-state index contributed by atoms with van der Waals surface area (Å²) < 4.78 is 37.8. The Hall–Kier alpha value is -1.10. The van der Waals surface area contributed by atoms with E-state index >= 15 is 0 Å². The van der Waals surface area contributed by atoms with E-state index in [-0.39, 0.29) is 9.48 Å². The van der Waals surface area contributed by atoms with Gasteiger partial charge < -0.3 is 5.32 Å². The normalized spacial score (nSPS) is 18.0. The molecule has 0 unspecified atom stereocenters. The van der Waals surface area contributed by atoms with Crippen molar-refractivity contribution in [1.82, 2.24) is 5.32 Å². The van der Waals surface area contributed by atoms with E-state index in [9.17, 15) is 18.0 Å². The molecule has 0 spiro atoms. The number of rotatable bonds is 2. The van der Waals surface area contributed by atoms with Crippen molar-refractivity contribution in [2.24, 2.45) is 10.2 Å². The fourth-order valence-electron chi connectivity index (χ4n) is 1.37. The summed E-state index contributed by atoms with van der Waals surface area (Å²) in [4.78, 5) is 10.9. The van der Waals surface area contributed by atoms with Crippen LogP contribution in [-0.2, 0) is 11.0 Å². The van der Waals surface area contributed by atoms with Crippen LogP contribution in [-0.4, -0.2) is 23.0 Å². The number of hydrogen-bond acceptors (Lipinski definition) is 4. The van der Waals surface area contributed by atoms with Crippen molar-refractivity contribution in [1.29, 1.82) is 0 Å². The Balaban J connectivity index is 2.11. The molecule has 0 bridgehead atoms. The summed E-state index contributed by atoms with van der Waals surface area (Å²) in [6.45, 7) is 0. The summed E-state index contributed by atoms with van der Waals surface area (Å²) in [7, 11) is 0. The van der Waals surface area contributed by atoms with Gasteiger partial charge in [-0.25, -0.2) is 0 Å². The predicted octanol–water partition coefficient (Wildman–Crippen LogP) is 2.86. The average Bonchev–Trinajstić information content (AvgIpc) is 2.73. The number of alkyl halides is 3. The Kier molecular flexibility index (Phi) is 4.68. The number of carbonyl (C=O) groups is 1. The molecular weight excluding hydrogens is 406 g/mol. The van der Waals surface area contributed by atoms with Crippen LogP contribution < -0.4 is 5.32 Å². The number of thioether (sulfide) groups is 1. The number of halogens is 4. The fraction of sp³-hybridized carbons (Fsp3) is 0.182. The van der Waals surface area contributed by atoms with Gasteiger partial charge in [0.2, 0.25) is 5.91 Å². The van der Waals surface area contributed by atoms with Crippen LogP contribution in [0.1, 0.15) is 11.1 Å². The van der Waals surface area contributed by atoms with Crippen molar-refractivity contribution in [3.05, 3.63) is 32.9 Å². The second-order valence-corrected chi connectivity index (χ2v) is 5.85. The highest BCUT2D eigenvalue weighted by atomic mass is 127. The molecule has 0 aliphatic carbocycles. The molecule has 1 aromatic rings. The predicted molar refractivity (Wildman–Crippen MR) is 79.8 cm³/mol.